The summed E-state index contributed by atoms with van der Waals surface area (Å²) in [5.74, 6) is 1.46. The Hall–Kier alpha value is -2.76. The van der Waals surface area contributed by atoms with Crippen molar-refractivity contribution in [2.45, 2.75) is 33.2 Å². The molecule has 2 aromatic carbocycles. The van der Waals surface area contributed by atoms with Crippen LogP contribution in [-0.4, -0.2) is 19.7 Å². The number of hydrogen-bond donors (Lipinski definition) is 2. The van der Waals surface area contributed by atoms with Gasteiger partial charge in [-0.15, -0.1) is 0 Å². The number of methoxy groups -OCH3 is 1. The molecule has 0 heterocycles. The molecule has 146 valence electrons. The van der Waals surface area contributed by atoms with E-state index in [4.69, 9.17) is 9.47 Å². The van der Waals surface area contributed by atoms with Crippen molar-refractivity contribution in [1.82, 2.24) is 5.32 Å². The highest BCUT2D eigenvalue weighted by Gasteiger charge is 2.09. The monoisotopic (exact) mass is 374 g/mol. The SMILES string of the molecule is COc1ccc(NC(=O)NCc2ccccc2F)cc1OCCCC(C)C. The Morgan fingerprint density at radius 3 is 2.63 bits per heavy atom. The van der Waals surface area contributed by atoms with Gasteiger partial charge in [0.15, 0.2) is 11.5 Å². The molecule has 6 heteroatoms. The van der Waals surface area contributed by atoms with Crippen LogP contribution < -0.4 is 20.1 Å². The van der Waals surface area contributed by atoms with Gasteiger partial charge in [0.05, 0.1) is 13.7 Å². The summed E-state index contributed by atoms with van der Waals surface area (Å²) in [7, 11) is 1.57. The van der Waals surface area contributed by atoms with Crippen LogP contribution in [-0.2, 0) is 6.54 Å². The number of rotatable bonds is 9. The quantitative estimate of drug-likeness (QED) is 0.609. The third kappa shape index (κ3) is 6.81. The van der Waals surface area contributed by atoms with Gasteiger partial charge < -0.3 is 20.1 Å². The highest BCUT2D eigenvalue weighted by Crippen LogP contribution is 2.30. The van der Waals surface area contributed by atoms with E-state index in [1.165, 1.54) is 6.07 Å². The lowest BCUT2D eigenvalue weighted by Gasteiger charge is -2.14. The van der Waals surface area contributed by atoms with Crippen LogP contribution in [0.15, 0.2) is 42.5 Å². The summed E-state index contributed by atoms with van der Waals surface area (Å²) < 4.78 is 24.7. The molecular weight excluding hydrogens is 347 g/mol. The van der Waals surface area contributed by atoms with Crippen molar-refractivity contribution in [2.75, 3.05) is 19.0 Å². The van der Waals surface area contributed by atoms with E-state index in [2.05, 4.69) is 24.5 Å². The van der Waals surface area contributed by atoms with Gasteiger partial charge in [0.2, 0.25) is 0 Å². The number of carbonyl (C=O) groups excluding carboxylic acids is 1. The first-order valence-electron chi connectivity index (χ1n) is 9.08. The number of halogens is 1. The average Bonchev–Trinajstić information content (AvgIpc) is 2.64. The first-order valence-corrected chi connectivity index (χ1v) is 9.08. The molecule has 2 N–H and O–H groups in total. The zero-order valence-electron chi connectivity index (χ0n) is 16.0. The van der Waals surface area contributed by atoms with E-state index in [9.17, 15) is 9.18 Å². The topological polar surface area (TPSA) is 59.6 Å². The third-order valence-electron chi connectivity index (χ3n) is 4.00. The van der Waals surface area contributed by atoms with Gasteiger partial charge in [0, 0.05) is 23.9 Å². The molecule has 0 atom stereocenters. The maximum absolute atomic E-state index is 13.6. The number of urea groups is 1. The zero-order chi connectivity index (χ0) is 19.6. The number of ether oxygens (including phenoxy) is 2. The molecule has 0 bridgehead atoms. The molecule has 0 unspecified atom stereocenters. The van der Waals surface area contributed by atoms with Crippen LogP contribution in [0.4, 0.5) is 14.9 Å². The van der Waals surface area contributed by atoms with Gasteiger partial charge in [0.1, 0.15) is 5.82 Å². The molecule has 0 fully saturated rings. The molecule has 2 rings (SSSR count). The second-order valence-electron chi connectivity index (χ2n) is 6.65. The summed E-state index contributed by atoms with van der Waals surface area (Å²) in [5.41, 5.74) is 0.997. The predicted molar refractivity (Wildman–Crippen MR) is 105 cm³/mol. The van der Waals surface area contributed by atoms with Gasteiger partial charge in [-0.05, 0) is 37.0 Å². The Labute approximate surface area is 159 Å². The van der Waals surface area contributed by atoms with E-state index in [0.717, 1.165) is 12.8 Å². The first kappa shape index (κ1) is 20.6. The maximum Gasteiger partial charge on any atom is 0.319 e. The van der Waals surface area contributed by atoms with Crippen LogP contribution >= 0.6 is 0 Å². The van der Waals surface area contributed by atoms with Gasteiger partial charge in [-0.1, -0.05) is 32.0 Å². The van der Waals surface area contributed by atoms with Gasteiger partial charge in [0.25, 0.3) is 0 Å². The lowest BCUT2D eigenvalue weighted by molar-refractivity contribution is 0.251. The van der Waals surface area contributed by atoms with Crippen molar-refractivity contribution in [1.29, 1.82) is 0 Å². The number of anilines is 1. The van der Waals surface area contributed by atoms with E-state index < -0.39 is 6.03 Å². The molecule has 27 heavy (non-hydrogen) atoms. The fourth-order valence-corrected chi connectivity index (χ4v) is 2.53. The maximum atomic E-state index is 13.6. The lowest BCUT2D eigenvalue weighted by Crippen LogP contribution is -2.28. The van der Waals surface area contributed by atoms with E-state index in [1.54, 1.807) is 43.5 Å². The van der Waals surface area contributed by atoms with Crippen molar-refractivity contribution < 1.29 is 18.7 Å². The Kier molecular flexibility index (Phi) is 7.92. The number of hydrogen-bond acceptors (Lipinski definition) is 3. The van der Waals surface area contributed by atoms with Crippen LogP contribution in [0.1, 0.15) is 32.3 Å². The smallest absolute Gasteiger partial charge is 0.319 e. The molecule has 0 aromatic heterocycles. The van der Waals surface area contributed by atoms with Crippen LogP contribution in [0.3, 0.4) is 0 Å². The molecule has 0 aliphatic carbocycles. The summed E-state index contributed by atoms with van der Waals surface area (Å²) in [4.78, 5) is 12.1. The minimum atomic E-state index is -0.422. The molecule has 5 nitrogen and oxygen atoms in total. The Bertz CT molecular complexity index is 750. The van der Waals surface area contributed by atoms with Crippen molar-refractivity contribution >= 4 is 11.7 Å². The summed E-state index contributed by atoms with van der Waals surface area (Å²) >= 11 is 0. The number of amides is 2. The fraction of sp³-hybridized carbons (Fsp3) is 0.381. The molecule has 0 saturated carbocycles. The number of carbonyl (C=O) groups is 1. The summed E-state index contributed by atoms with van der Waals surface area (Å²) in [6, 6.07) is 11.1. The van der Waals surface area contributed by atoms with Crippen molar-refractivity contribution in [3.63, 3.8) is 0 Å². The Morgan fingerprint density at radius 2 is 1.93 bits per heavy atom. The minimum Gasteiger partial charge on any atom is -0.493 e. The van der Waals surface area contributed by atoms with Crippen molar-refractivity contribution in [3.05, 3.63) is 53.8 Å². The second kappa shape index (κ2) is 10.4. The van der Waals surface area contributed by atoms with Gasteiger partial charge >= 0.3 is 6.03 Å². The summed E-state index contributed by atoms with van der Waals surface area (Å²) in [6.07, 6.45) is 2.03. The molecular formula is C21H27FN2O3. The molecule has 2 aromatic rings. The third-order valence-corrected chi connectivity index (χ3v) is 4.00. The molecule has 0 saturated heterocycles. The van der Waals surface area contributed by atoms with E-state index in [1.807, 2.05) is 0 Å². The first-order chi connectivity index (χ1) is 13.0. The molecule has 0 aliphatic rings. The van der Waals surface area contributed by atoms with E-state index >= 15 is 0 Å². The van der Waals surface area contributed by atoms with Crippen LogP contribution in [0, 0.1) is 11.7 Å². The standard InChI is InChI=1S/C21H27FN2O3/c1-15(2)7-6-12-27-20-13-17(10-11-19(20)26-3)24-21(25)23-14-16-8-4-5-9-18(16)22/h4-5,8-11,13,15H,6-7,12,14H2,1-3H3,(H2,23,24,25). The largest absolute Gasteiger partial charge is 0.493 e. The predicted octanol–water partition coefficient (Wildman–Crippen LogP) is 4.97. The van der Waals surface area contributed by atoms with Crippen LogP contribution in [0.2, 0.25) is 0 Å². The fourth-order valence-electron chi connectivity index (χ4n) is 2.53. The van der Waals surface area contributed by atoms with Gasteiger partial charge in [-0.25, -0.2) is 9.18 Å². The van der Waals surface area contributed by atoms with Crippen LogP contribution in [0.25, 0.3) is 0 Å². The molecule has 0 spiro atoms. The van der Waals surface area contributed by atoms with Crippen molar-refractivity contribution in [3.8, 4) is 11.5 Å². The summed E-state index contributed by atoms with van der Waals surface area (Å²) in [5, 5.41) is 5.36. The van der Waals surface area contributed by atoms with E-state index in [0.29, 0.717) is 35.3 Å². The Balaban J connectivity index is 1.92. The highest BCUT2D eigenvalue weighted by atomic mass is 19.1. The molecule has 0 radical (unpaired) electrons. The summed E-state index contributed by atoms with van der Waals surface area (Å²) in [6.45, 7) is 5.03. The Morgan fingerprint density at radius 1 is 1.15 bits per heavy atom. The van der Waals surface area contributed by atoms with Crippen LogP contribution in [0.5, 0.6) is 11.5 Å². The van der Waals surface area contributed by atoms with Gasteiger partial charge in [-0.2, -0.15) is 0 Å². The van der Waals surface area contributed by atoms with Crippen molar-refractivity contribution in [2.24, 2.45) is 5.92 Å². The lowest BCUT2D eigenvalue weighted by atomic mass is 10.1. The number of benzene rings is 2. The average molecular weight is 374 g/mol. The normalized spacial score (nSPS) is 10.6. The highest BCUT2D eigenvalue weighted by molar-refractivity contribution is 5.89. The number of nitrogens with one attached hydrogen (secondary N) is 2. The van der Waals surface area contributed by atoms with Gasteiger partial charge in [-0.3, -0.25) is 0 Å². The minimum absolute atomic E-state index is 0.104. The molecule has 2 amide bonds. The molecule has 0 aliphatic heterocycles. The zero-order valence-corrected chi connectivity index (χ0v) is 16.0. The second-order valence-corrected chi connectivity index (χ2v) is 6.65. The van der Waals surface area contributed by atoms with E-state index in [-0.39, 0.29) is 12.4 Å².